The lowest BCUT2D eigenvalue weighted by Crippen LogP contribution is -2.34. The molecule has 9 nitrogen and oxygen atoms in total. The maximum absolute atomic E-state index is 13.3. The van der Waals surface area contributed by atoms with Crippen LogP contribution in [0.2, 0.25) is 0 Å². The van der Waals surface area contributed by atoms with Gasteiger partial charge in [-0.25, -0.2) is 14.4 Å². The van der Waals surface area contributed by atoms with Gasteiger partial charge in [0, 0.05) is 31.2 Å². The largest absolute Gasteiger partial charge is 0.382 e. The van der Waals surface area contributed by atoms with Crippen molar-refractivity contribution in [3.05, 3.63) is 112 Å². The number of nitriles is 1. The number of carbonyl (C=O) groups is 1. The van der Waals surface area contributed by atoms with Gasteiger partial charge in [0.25, 0.3) is 5.91 Å². The third-order valence-electron chi connectivity index (χ3n) is 7.06. The molecule has 2 aromatic carbocycles. The average molecular weight is 551 g/mol. The van der Waals surface area contributed by atoms with Gasteiger partial charge in [0.1, 0.15) is 23.5 Å². The van der Waals surface area contributed by atoms with Gasteiger partial charge in [-0.3, -0.25) is 4.79 Å². The van der Waals surface area contributed by atoms with Gasteiger partial charge in [-0.15, -0.1) is 0 Å². The highest BCUT2D eigenvalue weighted by molar-refractivity contribution is 5.99. The van der Waals surface area contributed by atoms with Crippen LogP contribution in [0.15, 0.2) is 89.0 Å². The van der Waals surface area contributed by atoms with E-state index in [1.165, 1.54) is 30.0 Å². The van der Waals surface area contributed by atoms with Gasteiger partial charge in [-0.05, 0) is 66.9 Å². The van der Waals surface area contributed by atoms with E-state index in [0.717, 1.165) is 42.0 Å². The third kappa shape index (κ3) is 6.42. The molecule has 0 unspecified atom stereocenters. The number of amides is 1. The lowest BCUT2D eigenvalue weighted by atomic mass is 10.0. The van der Waals surface area contributed by atoms with Crippen LogP contribution in [0.1, 0.15) is 46.4 Å². The summed E-state index contributed by atoms with van der Waals surface area (Å²) in [6.07, 6.45) is 6.30. The second-order valence-corrected chi connectivity index (χ2v) is 9.84. The van der Waals surface area contributed by atoms with Gasteiger partial charge < -0.3 is 26.6 Å². The van der Waals surface area contributed by atoms with Crippen molar-refractivity contribution in [2.24, 2.45) is 10.7 Å². The molecule has 1 amide bonds. The molecule has 0 spiro atoms. The van der Waals surface area contributed by atoms with Gasteiger partial charge in [-0.1, -0.05) is 30.3 Å². The highest BCUT2D eigenvalue weighted by Crippen LogP contribution is 2.30. The van der Waals surface area contributed by atoms with Crippen LogP contribution in [0, 0.1) is 17.1 Å². The van der Waals surface area contributed by atoms with E-state index >= 15 is 0 Å². The number of aliphatic imine (C=N–C) groups is 1. The molecule has 0 fully saturated rings. The number of halogens is 1. The third-order valence-corrected chi connectivity index (χ3v) is 7.06. The summed E-state index contributed by atoms with van der Waals surface area (Å²) in [4.78, 5) is 24.1. The summed E-state index contributed by atoms with van der Waals surface area (Å²) in [6, 6.07) is 17.2. The number of hydrogen-bond donors (Lipinski definition) is 4. The van der Waals surface area contributed by atoms with Crippen LogP contribution < -0.4 is 26.6 Å². The molecule has 5 rings (SSSR count). The fraction of sp³-hybridized carbons (Fsp3) is 0.226. The zero-order chi connectivity index (χ0) is 28.8. The fourth-order valence-corrected chi connectivity index (χ4v) is 4.85. The molecule has 208 valence electrons. The normalized spacial score (nSPS) is 15.6. The highest BCUT2D eigenvalue weighted by Gasteiger charge is 2.23. The van der Waals surface area contributed by atoms with Gasteiger partial charge >= 0.3 is 0 Å². The maximum atomic E-state index is 13.3. The summed E-state index contributed by atoms with van der Waals surface area (Å²) in [5.74, 6) is 0.143. The SMILES string of the molecule is C[C@H](NC(=O)c1cc(C#N)cnc1NCc1ccc(N2CC=NC(N)=C2C2=CCNCC2)cc1)c1ccc(F)cc1. The molecule has 0 saturated heterocycles. The molecule has 0 bridgehead atoms. The van der Waals surface area contributed by atoms with E-state index in [1.54, 1.807) is 12.1 Å². The zero-order valence-electron chi connectivity index (χ0n) is 22.7. The lowest BCUT2D eigenvalue weighted by molar-refractivity contribution is 0.0940. The van der Waals surface area contributed by atoms with E-state index < -0.39 is 0 Å². The number of anilines is 2. The van der Waals surface area contributed by atoms with E-state index in [2.05, 4.69) is 36.9 Å². The highest BCUT2D eigenvalue weighted by atomic mass is 19.1. The summed E-state index contributed by atoms with van der Waals surface area (Å²) < 4.78 is 13.3. The molecule has 2 aliphatic heterocycles. The number of nitrogens with zero attached hydrogens (tertiary/aromatic N) is 4. The second-order valence-electron chi connectivity index (χ2n) is 9.84. The number of pyridine rings is 1. The number of allylic oxidation sites excluding steroid dienone is 1. The molecule has 0 aliphatic carbocycles. The predicted molar refractivity (Wildman–Crippen MR) is 158 cm³/mol. The number of nitrogens with one attached hydrogen (secondary N) is 3. The Hall–Kier alpha value is -5.01. The summed E-state index contributed by atoms with van der Waals surface area (Å²) in [7, 11) is 0. The number of benzene rings is 2. The Bertz CT molecular complexity index is 1550. The molecule has 2 aliphatic rings. The first-order chi connectivity index (χ1) is 19.9. The van der Waals surface area contributed by atoms with Gasteiger partial charge in [0.2, 0.25) is 0 Å². The quantitative estimate of drug-likeness (QED) is 0.332. The van der Waals surface area contributed by atoms with Crippen molar-refractivity contribution in [3.8, 4) is 6.07 Å². The lowest BCUT2D eigenvalue weighted by Gasteiger charge is -2.32. The van der Waals surface area contributed by atoms with E-state index in [4.69, 9.17) is 5.73 Å². The minimum atomic E-state index is -0.389. The molecule has 0 saturated carbocycles. The Balaban J connectivity index is 1.29. The van der Waals surface area contributed by atoms with Crippen LogP contribution in [0.3, 0.4) is 0 Å². The van der Waals surface area contributed by atoms with Crippen LogP contribution >= 0.6 is 0 Å². The van der Waals surface area contributed by atoms with Crippen LogP contribution in [-0.4, -0.2) is 36.7 Å². The van der Waals surface area contributed by atoms with Crippen molar-refractivity contribution in [2.75, 3.05) is 29.9 Å². The van der Waals surface area contributed by atoms with Gasteiger partial charge in [0.05, 0.1) is 29.4 Å². The minimum Gasteiger partial charge on any atom is -0.382 e. The van der Waals surface area contributed by atoms with Crippen molar-refractivity contribution in [3.63, 3.8) is 0 Å². The van der Waals surface area contributed by atoms with Crippen LogP contribution in [-0.2, 0) is 6.54 Å². The van der Waals surface area contributed by atoms with Crippen molar-refractivity contribution in [2.45, 2.75) is 25.9 Å². The molecule has 0 radical (unpaired) electrons. The van der Waals surface area contributed by atoms with Crippen molar-refractivity contribution in [1.82, 2.24) is 15.6 Å². The van der Waals surface area contributed by atoms with Crippen molar-refractivity contribution < 1.29 is 9.18 Å². The fourth-order valence-electron chi connectivity index (χ4n) is 4.85. The Morgan fingerprint density at radius 2 is 2.00 bits per heavy atom. The summed E-state index contributed by atoms with van der Waals surface area (Å²) >= 11 is 0. The molecule has 1 atom stereocenters. The maximum Gasteiger partial charge on any atom is 0.255 e. The number of rotatable bonds is 8. The molecule has 5 N–H and O–H groups in total. The van der Waals surface area contributed by atoms with E-state index in [9.17, 15) is 14.4 Å². The molecule has 1 aromatic heterocycles. The van der Waals surface area contributed by atoms with E-state index in [1.807, 2.05) is 43.5 Å². The first kappa shape index (κ1) is 27.6. The monoisotopic (exact) mass is 550 g/mol. The Kier molecular flexibility index (Phi) is 8.36. The van der Waals surface area contributed by atoms with Crippen LogP contribution in [0.25, 0.3) is 0 Å². The summed E-state index contributed by atoms with van der Waals surface area (Å²) in [6.45, 7) is 4.56. The molecular formula is C31H31FN8O. The first-order valence-electron chi connectivity index (χ1n) is 13.4. The van der Waals surface area contributed by atoms with E-state index in [0.29, 0.717) is 24.7 Å². The number of hydrogen-bond acceptors (Lipinski definition) is 8. The Labute approximate surface area is 238 Å². The number of nitrogens with two attached hydrogens (primary N) is 1. The topological polar surface area (TPSA) is 131 Å². The van der Waals surface area contributed by atoms with Crippen LogP contribution in [0.4, 0.5) is 15.9 Å². The smallest absolute Gasteiger partial charge is 0.255 e. The standard InChI is InChI=1S/C31H31FN8O/c1-20(23-4-6-25(32)7-5-23)39-31(41)27-16-22(17-33)19-38-30(27)37-18-21-2-8-26(9-3-21)40-15-14-36-29(34)28(40)24-10-12-35-13-11-24/h2-10,14,16,19-20,35H,11-13,15,18,34H2,1H3,(H,37,38)(H,39,41)/t20-/m0/s1. The molecule has 3 heterocycles. The van der Waals surface area contributed by atoms with Gasteiger partial charge in [-0.2, -0.15) is 5.26 Å². The molecule has 10 heteroatoms. The number of carbonyl (C=O) groups excluding carboxylic acids is 1. The molecular weight excluding hydrogens is 519 g/mol. The average Bonchev–Trinajstić information content (AvgIpc) is 3.00. The minimum absolute atomic E-state index is 0.253. The van der Waals surface area contributed by atoms with Crippen molar-refractivity contribution >= 4 is 23.6 Å². The predicted octanol–water partition coefficient (Wildman–Crippen LogP) is 4.13. The molecule has 41 heavy (non-hydrogen) atoms. The van der Waals surface area contributed by atoms with Crippen molar-refractivity contribution in [1.29, 1.82) is 5.26 Å². The summed E-state index contributed by atoms with van der Waals surface area (Å²) in [5.41, 5.74) is 11.7. The first-order valence-corrected chi connectivity index (χ1v) is 13.4. The van der Waals surface area contributed by atoms with E-state index in [-0.39, 0.29) is 28.9 Å². The Morgan fingerprint density at radius 3 is 2.71 bits per heavy atom. The zero-order valence-corrected chi connectivity index (χ0v) is 22.7. The molecule has 3 aromatic rings. The number of aromatic nitrogens is 1. The van der Waals surface area contributed by atoms with Gasteiger partial charge in [0.15, 0.2) is 0 Å². The second kappa shape index (κ2) is 12.4. The Morgan fingerprint density at radius 1 is 1.22 bits per heavy atom. The van der Waals surface area contributed by atoms with Crippen LogP contribution in [0.5, 0.6) is 0 Å². The summed E-state index contributed by atoms with van der Waals surface area (Å²) in [5, 5.41) is 18.9.